The van der Waals surface area contributed by atoms with Crippen molar-refractivity contribution in [2.45, 2.75) is 31.8 Å². The van der Waals surface area contributed by atoms with Crippen LogP contribution < -0.4 is 5.73 Å². The average molecular weight is 143 g/mol. The van der Waals surface area contributed by atoms with Gasteiger partial charge in [0.1, 0.15) is 0 Å². The molecule has 0 aromatic heterocycles. The predicted molar refractivity (Wildman–Crippen MR) is 37.2 cm³/mol. The molecule has 0 spiro atoms. The number of carbonyl (C=O) groups is 1. The van der Waals surface area contributed by atoms with Crippen molar-refractivity contribution >= 4 is 5.91 Å². The molecule has 1 aliphatic rings. The number of amides is 1. The van der Waals surface area contributed by atoms with Crippen LogP contribution in [0.2, 0.25) is 0 Å². The maximum absolute atomic E-state index is 10.7. The number of hydrogen-bond acceptors (Lipinski definition) is 2. The predicted octanol–water partition coefficient (Wildman–Crippen LogP) is 0.0228. The molecule has 0 bridgehead atoms. The minimum Gasteiger partial charge on any atom is -0.389 e. The molecule has 0 aromatic rings. The fourth-order valence-electron chi connectivity index (χ4n) is 1.32. The van der Waals surface area contributed by atoms with Gasteiger partial charge >= 0.3 is 0 Å². The van der Waals surface area contributed by atoms with Gasteiger partial charge in [0.25, 0.3) is 0 Å². The Hall–Kier alpha value is -0.570. The Bertz CT molecular complexity index is 152. The molecular weight excluding hydrogens is 130 g/mol. The van der Waals surface area contributed by atoms with E-state index in [0.717, 1.165) is 12.8 Å². The van der Waals surface area contributed by atoms with Gasteiger partial charge in [-0.1, -0.05) is 6.92 Å². The van der Waals surface area contributed by atoms with Crippen molar-refractivity contribution in [1.82, 2.24) is 0 Å². The first kappa shape index (κ1) is 7.54. The van der Waals surface area contributed by atoms with Gasteiger partial charge in [-0.3, -0.25) is 4.79 Å². The monoisotopic (exact) mass is 143 g/mol. The lowest BCUT2D eigenvalue weighted by Crippen LogP contribution is -2.34. The molecule has 1 saturated carbocycles. The third-order valence-corrected chi connectivity index (χ3v) is 2.16. The van der Waals surface area contributed by atoms with Gasteiger partial charge in [0.15, 0.2) is 0 Å². The molecule has 10 heavy (non-hydrogen) atoms. The summed E-state index contributed by atoms with van der Waals surface area (Å²) < 4.78 is 0. The van der Waals surface area contributed by atoms with Crippen LogP contribution in [0, 0.1) is 5.92 Å². The zero-order chi connectivity index (χ0) is 7.78. The van der Waals surface area contributed by atoms with Crippen LogP contribution in [-0.2, 0) is 4.79 Å². The van der Waals surface area contributed by atoms with Gasteiger partial charge < -0.3 is 10.8 Å². The molecule has 0 radical (unpaired) electrons. The largest absolute Gasteiger partial charge is 0.389 e. The van der Waals surface area contributed by atoms with Crippen LogP contribution in [-0.4, -0.2) is 16.6 Å². The average Bonchev–Trinajstić information content (AvgIpc) is 2.49. The van der Waals surface area contributed by atoms with Crippen molar-refractivity contribution in [1.29, 1.82) is 0 Å². The van der Waals surface area contributed by atoms with Gasteiger partial charge in [0, 0.05) is 0 Å². The summed E-state index contributed by atoms with van der Waals surface area (Å²) in [5.74, 6) is -0.699. The summed E-state index contributed by atoms with van der Waals surface area (Å²) >= 11 is 0. The van der Waals surface area contributed by atoms with Crippen molar-refractivity contribution in [3.8, 4) is 0 Å². The van der Waals surface area contributed by atoms with E-state index in [0.29, 0.717) is 6.42 Å². The first-order valence-corrected chi connectivity index (χ1v) is 3.62. The lowest BCUT2D eigenvalue weighted by atomic mass is 9.97. The molecule has 0 aromatic carbocycles. The SMILES string of the molecule is CCC(C(N)=O)C1(O)CC1. The van der Waals surface area contributed by atoms with Crippen molar-refractivity contribution < 1.29 is 9.90 Å². The van der Waals surface area contributed by atoms with E-state index in [1.165, 1.54) is 0 Å². The molecule has 1 rings (SSSR count). The van der Waals surface area contributed by atoms with Crippen LogP contribution in [0.15, 0.2) is 0 Å². The highest BCUT2D eigenvalue weighted by molar-refractivity contribution is 5.78. The third-order valence-electron chi connectivity index (χ3n) is 2.16. The summed E-state index contributed by atoms with van der Waals surface area (Å²) in [5.41, 5.74) is 4.34. The molecule has 1 atom stereocenters. The quantitative estimate of drug-likeness (QED) is 0.585. The van der Waals surface area contributed by atoms with E-state index < -0.39 is 5.60 Å². The van der Waals surface area contributed by atoms with Gasteiger partial charge in [0.05, 0.1) is 11.5 Å². The van der Waals surface area contributed by atoms with Crippen molar-refractivity contribution in [3.63, 3.8) is 0 Å². The number of hydrogen-bond donors (Lipinski definition) is 2. The molecule has 1 unspecified atom stereocenters. The molecular formula is C7H13NO2. The lowest BCUT2D eigenvalue weighted by Gasteiger charge is -2.16. The molecule has 3 nitrogen and oxygen atoms in total. The summed E-state index contributed by atoms with van der Waals surface area (Å²) in [5, 5.41) is 9.46. The smallest absolute Gasteiger partial charge is 0.223 e. The zero-order valence-electron chi connectivity index (χ0n) is 6.13. The van der Waals surface area contributed by atoms with E-state index in [1.54, 1.807) is 0 Å². The Morgan fingerprint density at radius 1 is 1.80 bits per heavy atom. The lowest BCUT2D eigenvalue weighted by molar-refractivity contribution is -0.126. The Labute approximate surface area is 60.2 Å². The molecule has 0 saturated heterocycles. The molecule has 1 fully saturated rings. The van der Waals surface area contributed by atoms with E-state index in [2.05, 4.69) is 0 Å². The summed E-state index contributed by atoms with van der Waals surface area (Å²) in [6.45, 7) is 1.87. The molecule has 0 aliphatic heterocycles. The van der Waals surface area contributed by atoms with Crippen LogP contribution in [0.1, 0.15) is 26.2 Å². The second-order valence-corrected chi connectivity index (χ2v) is 2.97. The number of nitrogens with two attached hydrogens (primary N) is 1. The molecule has 3 heteroatoms. The second-order valence-electron chi connectivity index (χ2n) is 2.97. The highest BCUT2D eigenvalue weighted by atomic mass is 16.3. The van der Waals surface area contributed by atoms with Crippen LogP contribution >= 0.6 is 0 Å². The molecule has 1 amide bonds. The molecule has 58 valence electrons. The first-order chi connectivity index (χ1) is 4.60. The first-order valence-electron chi connectivity index (χ1n) is 3.62. The highest BCUT2D eigenvalue weighted by Crippen LogP contribution is 2.43. The zero-order valence-corrected chi connectivity index (χ0v) is 6.13. The number of rotatable bonds is 3. The van der Waals surface area contributed by atoms with Crippen LogP contribution in [0.4, 0.5) is 0 Å². The maximum Gasteiger partial charge on any atom is 0.223 e. The van der Waals surface area contributed by atoms with Crippen molar-refractivity contribution in [2.75, 3.05) is 0 Å². The van der Waals surface area contributed by atoms with Gasteiger partial charge in [-0.25, -0.2) is 0 Å². The Morgan fingerprint density at radius 2 is 2.30 bits per heavy atom. The van der Waals surface area contributed by atoms with E-state index in [4.69, 9.17) is 5.73 Å². The minimum atomic E-state index is -0.736. The van der Waals surface area contributed by atoms with E-state index >= 15 is 0 Å². The molecule has 3 N–H and O–H groups in total. The Morgan fingerprint density at radius 3 is 2.40 bits per heavy atom. The van der Waals surface area contributed by atoms with E-state index in [1.807, 2.05) is 6.92 Å². The summed E-state index contributed by atoms with van der Waals surface area (Å²) in [7, 11) is 0. The van der Waals surface area contributed by atoms with Gasteiger partial charge in [0.2, 0.25) is 5.91 Å². The molecule has 1 aliphatic carbocycles. The molecule has 0 heterocycles. The summed E-state index contributed by atoms with van der Waals surface area (Å²) in [6, 6.07) is 0. The number of primary amides is 1. The number of aliphatic hydroxyl groups is 1. The Kier molecular flexibility index (Phi) is 1.68. The van der Waals surface area contributed by atoms with Crippen LogP contribution in [0.25, 0.3) is 0 Å². The second kappa shape index (κ2) is 2.23. The van der Waals surface area contributed by atoms with Gasteiger partial charge in [-0.05, 0) is 19.3 Å². The Balaban J connectivity index is 2.57. The maximum atomic E-state index is 10.7. The van der Waals surface area contributed by atoms with Crippen molar-refractivity contribution in [3.05, 3.63) is 0 Å². The fourth-order valence-corrected chi connectivity index (χ4v) is 1.32. The summed E-state index contributed by atoms with van der Waals surface area (Å²) in [6.07, 6.45) is 2.11. The van der Waals surface area contributed by atoms with E-state index in [9.17, 15) is 9.90 Å². The van der Waals surface area contributed by atoms with Crippen molar-refractivity contribution in [2.24, 2.45) is 11.7 Å². The fraction of sp³-hybridized carbons (Fsp3) is 0.857. The third kappa shape index (κ3) is 1.14. The van der Waals surface area contributed by atoms with Gasteiger partial charge in [-0.15, -0.1) is 0 Å². The standard InChI is InChI=1S/C7H13NO2/c1-2-5(6(8)9)7(10)3-4-7/h5,10H,2-4H2,1H3,(H2,8,9). The normalized spacial score (nSPS) is 23.8. The van der Waals surface area contributed by atoms with E-state index in [-0.39, 0.29) is 11.8 Å². The number of carbonyl (C=O) groups excluding carboxylic acids is 1. The minimum absolute atomic E-state index is 0.326. The van der Waals surface area contributed by atoms with Gasteiger partial charge in [-0.2, -0.15) is 0 Å². The topological polar surface area (TPSA) is 63.3 Å². The van der Waals surface area contributed by atoms with Crippen LogP contribution in [0.3, 0.4) is 0 Å². The van der Waals surface area contributed by atoms with Crippen LogP contribution in [0.5, 0.6) is 0 Å². The highest BCUT2D eigenvalue weighted by Gasteiger charge is 2.49. The summed E-state index contributed by atoms with van der Waals surface area (Å²) in [4.78, 5) is 10.7.